The standard InChI is InChI=1S/C18H17FN2O5S2/c1-3-26-18(23)16-11(2)14(10-20)17(27-16)21-15(22)8-9-28(24,25)13-6-4-12(19)5-7-13/h4-7H,3,8-9H2,1-2H3,(H,21,22). The Morgan fingerprint density at radius 1 is 1.29 bits per heavy atom. The third-order valence-electron chi connectivity index (χ3n) is 3.74. The van der Waals surface area contributed by atoms with E-state index in [1.165, 1.54) is 0 Å². The smallest absolute Gasteiger partial charge is 0.348 e. The minimum atomic E-state index is -3.77. The van der Waals surface area contributed by atoms with Crippen molar-refractivity contribution in [1.29, 1.82) is 5.26 Å². The number of amides is 1. The molecule has 2 aromatic rings. The number of esters is 1. The number of carbonyl (C=O) groups excluding carboxylic acids is 2. The highest BCUT2D eigenvalue weighted by Gasteiger charge is 2.23. The van der Waals surface area contributed by atoms with Crippen molar-refractivity contribution in [3.05, 3.63) is 46.1 Å². The first-order valence-electron chi connectivity index (χ1n) is 8.18. The summed E-state index contributed by atoms with van der Waals surface area (Å²) in [4.78, 5) is 24.2. The topological polar surface area (TPSA) is 113 Å². The Morgan fingerprint density at radius 3 is 2.50 bits per heavy atom. The van der Waals surface area contributed by atoms with Crippen molar-refractivity contribution >= 4 is 38.1 Å². The molecule has 0 radical (unpaired) electrons. The molecule has 0 saturated carbocycles. The number of anilines is 1. The molecule has 0 unspecified atom stereocenters. The second-order valence-corrected chi connectivity index (χ2v) is 8.79. The SMILES string of the molecule is CCOC(=O)c1sc(NC(=O)CCS(=O)(=O)c2ccc(F)cc2)c(C#N)c1C. The van der Waals surface area contributed by atoms with Gasteiger partial charge in [0.2, 0.25) is 5.91 Å². The minimum Gasteiger partial charge on any atom is -0.462 e. The van der Waals surface area contributed by atoms with Gasteiger partial charge in [-0.15, -0.1) is 11.3 Å². The maximum absolute atomic E-state index is 12.9. The van der Waals surface area contributed by atoms with Gasteiger partial charge in [0.15, 0.2) is 9.84 Å². The van der Waals surface area contributed by atoms with Gasteiger partial charge in [0, 0.05) is 6.42 Å². The highest BCUT2D eigenvalue weighted by Crippen LogP contribution is 2.33. The molecule has 0 atom stereocenters. The van der Waals surface area contributed by atoms with E-state index in [9.17, 15) is 27.7 Å². The van der Waals surface area contributed by atoms with Crippen LogP contribution in [0.2, 0.25) is 0 Å². The average Bonchev–Trinajstić information content (AvgIpc) is 2.96. The van der Waals surface area contributed by atoms with Gasteiger partial charge in [-0.25, -0.2) is 17.6 Å². The van der Waals surface area contributed by atoms with Gasteiger partial charge in [0.25, 0.3) is 0 Å². The van der Waals surface area contributed by atoms with Crippen molar-refractivity contribution in [2.24, 2.45) is 0 Å². The number of nitrogens with zero attached hydrogens (tertiary/aromatic N) is 1. The fourth-order valence-corrected chi connectivity index (χ4v) is 4.61. The number of rotatable bonds is 7. The molecule has 0 aliphatic carbocycles. The van der Waals surface area contributed by atoms with Crippen molar-refractivity contribution in [2.45, 2.75) is 25.2 Å². The molecule has 1 heterocycles. The zero-order valence-corrected chi connectivity index (χ0v) is 16.7. The second-order valence-electron chi connectivity index (χ2n) is 5.66. The summed E-state index contributed by atoms with van der Waals surface area (Å²) in [6, 6.07) is 6.23. The van der Waals surface area contributed by atoms with E-state index in [-0.39, 0.29) is 33.4 Å². The molecular formula is C18H17FN2O5S2. The summed E-state index contributed by atoms with van der Waals surface area (Å²) in [7, 11) is -3.77. The number of hydrogen-bond donors (Lipinski definition) is 1. The minimum absolute atomic E-state index is 0.0871. The van der Waals surface area contributed by atoms with Crippen LogP contribution >= 0.6 is 11.3 Å². The predicted molar refractivity (Wildman–Crippen MR) is 101 cm³/mol. The quantitative estimate of drug-likeness (QED) is 0.540. The molecule has 0 spiro atoms. The monoisotopic (exact) mass is 424 g/mol. The van der Waals surface area contributed by atoms with Crippen LogP contribution in [0.5, 0.6) is 0 Å². The Kier molecular flexibility index (Phi) is 6.88. The number of hydrogen-bond acceptors (Lipinski definition) is 7. The van der Waals surface area contributed by atoms with Crippen LogP contribution in [0.15, 0.2) is 29.2 Å². The van der Waals surface area contributed by atoms with Gasteiger partial charge < -0.3 is 10.1 Å². The average molecular weight is 424 g/mol. The van der Waals surface area contributed by atoms with Gasteiger partial charge in [-0.05, 0) is 43.7 Å². The highest BCUT2D eigenvalue weighted by molar-refractivity contribution is 7.91. The van der Waals surface area contributed by atoms with E-state index in [1.807, 2.05) is 6.07 Å². The first-order valence-corrected chi connectivity index (χ1v) is 10.6. The fraction of sp³-hybridized carbons (Fsp3) is 0.278. The summed E-state index contributed by atoms with van der Waals surface area (Å²) < 4.78 is 42.3. The largest absolute Gasteiger partial charge is 0.462 e. The molecular weight excluding hydrogens is 407 g/mol. The number of thiophene rings is 1. The van der Waals surface area contributed by atoms with Crippen molar-refractivity contribution in [3.63, 3.8) is 0 Å². The molecule has 7 nitrogen and oxygen atoms in total. The molecule has 1 amide bonds. The predicted octanol–water partition coefficient (Wildman–Crippen LogP) is 3.05. The fourth-order valence-electron chi connectivity index (χ4n) is 2.30. The lowest BCUT2D eigenvalue weighted by Gasteiger charge is -2.05. The lowest BCUT2D eigenvalue weighted by molar-refractivity contribution is -0.115. The van der Waals surface area contributed by atoms with Crippen LogP contribution in [0, 0.1) is 24.1 Å². The van der Waals surface area contributed by atoms with Gasteiger partial charge in [-0.3, -0.25) is 4.79 Å². The molecule has 1 aromatic heterocycles. The van der Waals surface area contributed by atoms with E-state index in [4.69, 9.17) is 4.74 Å². The normalized spacial score (nSPS) is 10.9. The summed E-state index contributed by atoms with van der Waals surface area (Å²) in [5.74, 6) is -2.27. The number of halogens is 1. The second kappa shape index (κ2) is 8.95. The maximum Gasteiger partial charge on any atom is 0.348 e. The van der Waals surface area contributed by atoms with Crippen molar-refractivity contribution < 1.29 is 27.1 Å². The molecule has 28 heavy (non-hydrogen) atoms. The molecule has 0 saturated heterocycles. The summed E-state index contributed by atoms with van der Waals surface area (Å²) in [6.45, 7) is 3.38. The summed E-state index contributed by atoms with van der Waals surface area (Å²) in [5, 5.41) is 11.9. The third-order valence-corrected chi connectivity index (χ3v) is 6.66. The third kappa shape index (κ3) is 4.94. The first kappa shape index (κ1) is 21.5. The van der Waals surface area contributed by atoms with E-state index in [2.05, 4.69) is 5.32 Å². The molecule has 1 aromatic carbocycles. The van der Waals surface area contributed by atoms with E-state index >= 15 is 0 Å². The summed E-state index contributed by atoms with van der Waals surface area (Å²) >= 11 is 0.898. The van der Waals surface area contributed by atoms with Crippen LogP contribution < -0.4 is 5.32 Å². The van der Waals surface area contributed by atoms with Gasteiger partial charge in [0.1, 0.15) is 21.8 Å². The number of carbonyl (C=O) groups is 2. The Bertz CT molecular complexity index is 1040. The Balaban J connectivity index is 2.11. The van der Waals surface area contributed by atoms with Gasteiger partial charge in [-0.1, -0.05) is 0 Å². The van der Waals surface area contributed by atoms with Crippen LogP contribution in [-0.4, -0.2) is 32.7 Å². The molecule has 0 aliphatic heterocycles. The molecule has 1 N–H and O–H groups in total. The van der Waals surface area contributed by atoms with Crippen LogP contribution in [0.3, 0.4) is 0 Å². The number of nitriles is 1. The van der Waals surface area contributed by atoms with Gasteiger partial charge in [-0.2, -0.15) is 5.26 Å². The van der Waals surface area contributed by atoms with E-state index in [0.717, 1.165) is 35.6 Å². The van der Waals surface area contributed by atoms with Crippen LogP contribution in [0.4, 0.5) is 9.39 Å². The summed E-state index contributed by atoms with van der Waals surface area (Å²) in [6.07, 6.45) is -0.365. The number of nitrogens with one attached hydrogen (secondary N) is 1. The lowest BCUT2D eigenvalue weighted by atomic mass is 10.2. The molecule has 0 bridgehead atoms. The van der Waals surface area contributed by atoms with Crippen molar-refractivity contribution in [3.8, 4) is 6.07 Å². The van der Waals surface area contributed by atoms with Crippen LogP contribution in [-0.2, 0) is 19.4 Å². The van der Waals surface area contributed by atoms with Gasteiger partial charge in [0.05, 0.1) is 22.8 Å². The molecule has 148 valence electrons. The Morgan fingerprint density at radius 2 is 1.93 bits per heavy atom. The first-order chi connectivity index (χ1) is 13.2. The Labute approximate surface area is 165 Å². The van der Waals surface area contributed by atoms with Crippen molar-refractivity contribution in [1.82, 2.24) is 0 Å². The van der Waals surface area contributed by atoms with Gasteiger partial charge >= 0.3 is 5.97 Å². The number of ether oxygens (including phenoxy) is 1. The van der Waals surface area contributed by atoms with E-state index < -0.39 is 33.3 Å². The number of benzene rings is 1. The zero-order valence-electron chi connectivity index (χ0n) is 15.1. The molecule has 10 heteroatoms. The Hall–Kier alpha value is -2.77. The van der Waals surface area contributed by atoms with E-state index in [1.54, 1.807) is 13.8 Å². The number of sulfone groups is 1. The maximum atomic E-state index is 12.9. The van der Waals surface area contributed by atoms with Crippen LogP contribution in [0.1, 0.15) is 34.1 Å². The molecule has 2 rings (SSSR count). The summed E-state index contributed by atoms with van der Waals surface area (Å²) in [5.41, 5.74) is 0.517. The molecule has 0 aliphatic rings. The van der Waals surface area contributed by atoms with Crippen LogP contribution in [0.25, 0.3) is 0 Å². The van der Waals surface area contributed by atoms with Crippen molar-refractivity contribution in [2.75, 3.05) is 17.7 Å². The highest BCUT2D eigenvalue weighted by atomic mass is 32.2. The van der Waals surface area contributed by atoms with E-state index in [0.29, 0.717) is 5.56 Å². The zero-order chi connectivity index (χ0) is 20.9. The lowest BCUT2D eigenvalue weighted by Crippen LogP contribution is -2.17. The molecule has 0 fully saturated rings.